The molecule has 0 aromatic rings. The first-order chi connectivity index (χ1) is 3.31. The first-order valence-corrected chi connectivity index (χ1v) is 5.34. The summed E-state index contributed by atoms with van der Waals surface area (Å²) in [4.78, 5) is 10.2. The van der Waals surface area contributed by atoms with Crippen molar-refractivity contribution in [3.05, 3.63) is 0 Å². The zero-order valence-electron chi connectivity index (χ0n) is 4.31. The van der Waals surface area contributed by atoms with Gasteiger partial charge in [-0.25, -0.2) is 0 Å². The number of hydrogen-bond donors (Lipinski definition) is 0. The van der Waals surface area contributed by atoms with Gasteiger partial charge in [-0.3, -0.25) is 0 Å². The molecule has 0 amide bonds. The monoisotopic (exact) mass is 298 g/mol. The average molecular weight is 298 g/mol. The Morgan fingerprint density at radius 1 is 1.86 bits per heavy atom. The molecule has 0 rings (SSSR count). The predicted molar refractivity (Wildman–Crippen MR) is 30.0 cm³/mol. The van der Waals surface area contributed by atoms with Crippen molar-refractivity contribution >= 4 is 30.7 Å². The van der Waals surface area contributed by atoms with Crippen LogP contribution in [0, 0.1) is 0 Å². The van der Waals surface area contributed by atoms with Crippen LogP contribution in [0.15, 0.2) is 0 Å². The minimum atomic E-state index is -0.0486. The Hall–Kier alpha value is 0.353. The van der Waals surface area contributed by atoms with Crippen LogP contribution in [-0.4, -0.2) is 37.3 Å². The van der Waals surface area contributed by atoms with Crippen molar-refractivity contribution < 1.29 is 9.53 Å². The molecule has 0 aliphatic rings. The van der Waals surface area contributed by atoms with E-state index in [1.165, 1.54) is 0 Å². The van der Waals surface area contributed by atoms with E-state index in [1.807, 2.05) is 6.92 Å². The van der Waals surface area contributed by atoms with Gasteiger partial charge in [0.1, 0.15) is 0 Å². The fourth-order valence-corrected chi connectivity index (χ4v) is 0.678. The van der Waals surface area contributed by atoms with E-state index in [-0.39, 0.29) is 5.97 Å². The molecule has 3 heteroatoms. The van der Waals surface area contributed by atoms with Crippen LogP contribution < -0.4 is 0 Å². The summed E-state index contributed by atoms with van der Waals surface area (Å²) in [6, 6.07) is 0. The molecule has 2 nitrogen and oxygen atoms in total. The number of carbonyl (C=O) groups is 1. The van der Waals surface area contributed by atoms with Crippen molar-refractivity contribution in [1.82, 2.24) is 0 Å². The van der Waals surface area contributed by atoms with Gasteiger partial charge in [0.05, 0.1) is 0 Å². The summed E-state index contributed by atoms with van der Waals surface area (Å²) in [5.41, 5.74) is 0. The van der Waals surface area contributed by atoms with E-state index in [0.717, 1.165) is 24.7 Å². The van der Waals surface area contributed by atoms with Crippen LogP contribution in [0.1, 0.15) is 6.92 Å². The Balaban J connectivity index is 3.00. The quantitative estimate of drug-likeness (QED) is 0.512. The minimum absolute atomic E-state index is 0.0486. The van der Waals surface area contributed by atoms with E-state index < -0.39 is 0 Å². The number of rotatable bonds is 2. The number of hydrogen-bond acceptors (Lipinski definition) is 2. The molecule has 0 radical (unpaired) electrons. The predicted octanol–water partition coefficient (Wildman–Crippen LogP) is -0.399. The zero-order chi connectivity index (χ0) is 5.70. The van der Waals surface area contributed by atoms with E-state index in [9.17, 15) is 4.79 Å². The first-order valence-electron chi connectivity index (χ1n) is 2.17. The molecular weight excluding hydrogens is 289 g/mol. The van der Waals surface area contributed by atoms with Gasteiger partial charge in [-0.15, -0.1) is 0 Å². The normalized spacial score (nSPS) is 8.29. The zero-order valence-corrected chi connectivity index (χ0v) is 8.80. The summed E-state index contributed by atoms with van der Waals surface area (Å²) in [6.45, 7) is 2.34. The Morgan fingerprint density at radius 2 is 2.43 bits per heavy atom. The van der Waals surface area contributed by atoms with Crippen LogP contribution in [0.3, 0.4) is 0 Å². The number of ether oxygens (including phenoxy) is 1. The molecule has 0 aliphatic carbocycles. The van der Waals surface area contributed by atoms with Crippen molar-refractivity contribution in [2.24, 2.45) is 0 Å². The third-order valence-electron chi connectivity index (χ3n) is 0.472. The van der Waals surface area contributed by atoms with Crippen LogP contribution >= 0.6 is 0 Å². The topological polar surface area (TPSA) is 26.3 Å². The second-order valence-electron chi connectivity index (χ2n) is 1.01. The molecule has 0 fully saturated rings. The molecule has 0 aromatic heterocycles. The van der Waals surface area contributed by atoms with E-state index in [4.69, 9.17) is 0 Å². The third-order valence-corrected chi connectivity index (χ3v) is 1.77. The molecule has 0 bridgehead atoms. The van der Waals surface area contributed by atoms with Gasteiger partial charge in [-0.2, -0.15) is 0 Å². The summed E-state index contributed by atoms with van der Waals surface area (Å²) in [5.74, 6) is -0.0486. The molecular formula is C4H9BiO2. The van der Waals surface area contributed by atoms with E-state index in [1.54, 1.807) is 0 Å². The van der Waals surface area contributed by atoms with Gasteiger partial charge in [0, 0.05) is 0 Å². The van der Waals surface area contributed by atoms with Crippen molar-refractivity contribution in [3.8, 4) is 0 Å². The van der Waals surface area contributed by atoms with Crippen LogP contribution in [0.5, 0.6) is 0 Å². The summed E-state index contributed by atoms with van der Waals surface area (Å²) < 4.78 is 5.24. The van der Waals surface area contributed by atoms with Gasteiger partial charge in [0.2, 0.25) is 0 Å². The summed E-state index contributed by atoms with van der Waals surface area (Å²) in [7, 11) is 0. The third kappa shape index (κ3) is 4.20. The second kappa shape index (κ2) is 4.51. The van der Waals surface area contributed by atoms with Crippen molar-refractivity contribution in [3.63, 3.8) is 0 Å². The molecule has 42 valence electrons. The summed E-state index contributed by atoms with van der Waals surface area (Å²) in [5, 5.41) is 0. The maximum absolute atomic E-state index is 10.2. The molecule has 0 saturated heterocycles. The van der Waals surface area contributed by atoms with E-state index in [2.05, 4.69) is 4.74 Å². The fraction of sp³-hybridized carbons (Fsp3) is 0.750. The van der Waals surface area contributed by atoms with Crippen LogP contribution in [0.4, 0.5) is 0 Å². The maximum atomic E-state index is 10.2. The summed E-state index contributed by atoms with van der Waals surface area (Å²) in [6.07, 6.45) is 0. The van der Waals surface area contributed by atoms with Gasteiger partial charge < -0.3 is 0 Å². The fourth-order valence-electron chi connectivity index (χ4n) is 0.220. The Morgan fingerprint density at radius 3 is 2.57 bits per heavy atom. The molecule has 0 aromatic carbocycles. The van der Waals surface area contributed by atoms with E-state index >= 15 is 0 Å². The van der Waals surface area contributed by atoms with Gasteiger partial charge in [-0.05, 0) is 0 Å². The Kier molecular flexibility index (Phi) is 4.74. The molecule has 0 unspecified atom stereocenters. The SMILES string of the molecule is CCOC(=O)[CH2][BiH2]. The van der Waals surface area contributed by atoms with Gasteiger partial charge >= 0.3 is 57.9 Å². The van der Waals surface area contributed by atoms with Gasteiger partial charge in [-0.1, -0.05) is 0 Å². The van der Waals surface area contributed by atoms with Crippen LogP contribution in [0.2, 0.25) is 4.13 Å². The van der Waals surface area contributed by atoms with Crippen molar-refractivity contribution in [2.75, 3.05) is 6.61 Å². The molecule has 0 aliphatic heterocycles. The van der Waals surface area contributed by atoms with Crippen molar-refractivity contribution in [2.45, 2.75) is 11.1 Å². The molecule has 0 spiro atoms. The molecule has 7 heavy (non-hydrogen) atoms. The standard InChI is InChI=1S/C4H7O2.Bi.2H/c1-3-6-4(2)5;;;/h2-3H2,1H3;;;. The number of esters is 1. The molecule has 0 saturated carbocycles. The van der Waals surface area contributed by atoms with Gasteiger partial charge in [0.15, 0.2) is 0 Å². The van der Waals surface area contributed by atoms with Crippen LogP contribution in [0.25, 0.3) is 0 Å². The molecule has 0 N–H and O–H groups in total. The van der Waals surface area contributed by atoms with Gasteiger partial charge in [0.25, 0.3) is 0 Å². The number of carbonyl (C=O) groups excluding carboxylic acids is 1. The average Bonchev–Trinajstić information content (AvgIpc) is 1.68. The van der Waals surface area contributed by atoms with E-state index in [0.29, 0.717) is 10.7 Å². The Bertz CT molecular complexity index is 62.7. The Labute approximate surface area is 58.1 Å². The molecule has 0 atom stereocenters. The second-order valence-corrected chi connectivity index (χ2v) is 2.60. The molecule has 0 heterocycles. The first kappa shape index (κ1) is 7.35. The summed E-state index contributed by atoms with van der Waals surface area (Å²) >= 11 is 0.740. The van der Waals surface area contributed by atoms with Crippen LogP contribution in [-0.2, 0) is 9.53 Å². The van der Waals surface area contributed by atoms with Crippen molar-refractivity contribution in [1.29, 1.82) is 0 Å².